The molecule has 0 aliphatic heterocycles. The molecule has 2 aromatic rings. The first-order valence-corrected chi connectivity index (χ1v) is 7.13. The molecule has 23 heavy (non-hydrogen) atoms. The summed E-state index contributed by atoms with van der Waals surface area (Å²) >= 11 is 0. The van der Waals surface area contributed by atoms with Crippen LogP contribution in [0.15, 0.2) is 53.7 Å². The van der Waals surface area contributed by atoms with Gasteiger partial charge in [-0.25, -0.2) is 4.79 Å². The van der Waals surface area contributed by atoms with Crippen LogP contribution in [0.1, 0.15) is 16.7 Å². The largest absolute Gasteiger partial charge is 0.489 e. The fourth-order valence-corrected chi connectivity index (χ4v) is 2.06. The van der Waals surface area contributed by atoms with Gasteiger partial charge in [-0.15, -0.1) is 0 Å². The van der Waals surface area contributed by atoms with Crippen LogP contribution in [-0.4, -0.2) is 25.9 Å². The van der Waals surface area contributed by atoms with Gasteiger partial charge < -0.3 is 14.3 Å². The molecule has 0 aromatic heterocycles. The van der Waals surface area contributed by atoms with E-state index in [0.29, 0.717) is 12.2 Å². The molecule has 0 saturated heterocycles. The number of oxime groups is 1. The number of esters is 1. The van der Waals surface area contributed by atoms with Crippen molar-refractivity contribution in [1.29, 1.82) is 0 Å². The minimum atomic E-state index is -0.561. The van der Waals surface area contributed by atoms with Gasteiger partial charge in [0.25, 0.3) is 0 Å². The summed E-state index contributed by atoms with van der Waals surface area (Å²) in [6.07, 6.45) is 0. The summed E-state index contributed by atoms with van der Waals surface area (Å²) in [5.41, 5.74) is 2.71. The molecule has 0 unspecified atom stereocenters. The van der Waals surface area contributed by atoms with Crippen LogP contribution in [0.25, 0.3) is 0 Å². The number of aryl methyl sites for hydroxylation is 1. The Kier molecular flexibility index (Phi) is 5.74. The van der Waals surface area contributed by atoms with Crippen molar-refractivity contribution in [3.63, 3.8) is 0 Å². The number of rotatable bonds is 6. The highest BCUT2D eigenvalue weighted by Gasteiger charge is 2.19. The topological polar surface area (TPSA) is 57.1 Å². The zero-order chi connectivity index (χ0) is 16.7. The summed E-state index contributed by atoms with van der Waals surface area (Å²) in [6, 6.07) is 15.1. The van der Waals surface area contributed by atoms with E-state index in [1.807, 2.05) is 49.4 Å². The Hall–Kier alpha value is -2.82. The summed E-state index contributed by atoms with van der Waals surface area (Å²) in [5, 5.41) is 3.78. The van der Waals surface area contributed by atoms with Gasteiger partial charge in [0.05, 0.1) is 7.11 Å². The van der Waals surface area contributed by atoms with Gasteiger partial charge in [0.2, 0.25) is 0 Å². The maximum atomic E-state index is 11.9. The van der Waals surface area contributed by atoms with Crippen LogP contribution in [0.2, 0.25) is 0 Å². The molecule has 0 heterocycles. The van der Waals surface area contributed by atoms with E-state index in [4.69, 9.17) is 14.3 Å². The first-order chi connectivity index (χ1) is 11.2. The van der Waals surface area contributed by atoms with E-state index < -0.39 is 5.97 Å². The number of carbonyl (C=O) groups excluding carboxylic acids is 1. The molecule has 0 spiro atoms. The van der Waals surface area contributed by atoms with Gasteiger partial charge in [-0.1, -0.05) is 47.1 Å². The number of carbonyl (C=O) groups is 1. The molecule has 0 aliphatic carbocycles. The number of hydrogen-bond donors (Lipinski definition) is 0. The van der Waals surface area contributed by atoms with Crippen LogP contribution < -0.4 is 4.74 Å². The molecule has 5 nitrogen and oxygen atoms in total. The van der Waals surface area contributed by atoms with Crippen LogP contribution in [0, 0.1) is 6.92 Å². The molecule has 0 atom stereocenters. The third-order valence-corrected chi connectivity index (χ3v) is 3.25. The van der Waals surface area contributed by atoms with Crippen molar-refractivity contribution in [2.45, 2.75) is 13.5 Å². The van der Waals surface area contributed by atoms with Crippen molar-refractivity contribution in [3.8, 4) is 5.75 Å². The molecule has 0 N–H and O–H groups in total. The third-order valence-electron chi connectivity index (χ3n) is 3.25. The Morgan fingerprint density at radius 3 is 2.39 bits per heavy atom. The van der Waals surface area contributed by atoms with Crippen molar-refractivity contribution in [1.82, 2.24) is 0 Å². The molecule has 2 rings (SSSR count). The predicted octanol–water partition coefficient (Wildman–Crippen LogP) is 3.10. The van der Waals surface area contributed by atoms with Crippen molar-refractivity contribution in [2.24, 2.45) is 5.16 Å². The zero-order valence-corrected chi connectivity index (χ0v) is 13.4. The van der Waals surface area contributed by atoms with Crippen molar-refractivity contribution in [2.75, 3.05) is 14.2 Å². The molecule has 0 bridgehead atoms. The molecule has 2 aromatic carbocycles. The highest BCUT2D eigenvalue weighted by molar-refractivity contribution is 6.43. The van der Waals surface area contributed by atoms with E-state index in [1.165, 1.54) is 14.2 Å². The summed E-state index contributed by atoms with van der Waals surface area (Å²) in [7, 11) is 2.69. The van der Waals surface area contributed by atoms with E-state index in [-0.39, 0.29) is 5.71 Å². The first kappa shape index (κ1) is 16.5. The Morgan fingerprint density at radius 2 is 1.74 bits per heavy atom. The van der Waals surface area contributed by atoms with E-state index >= 15 is 0 Å². The van der Waals surface area contributed by atoms with Crippen molar-refractivity contribution in [3.05, 3.63) is 65.2 Å². The van der Waals surface area contributed by atoms with Crippen LogP contribution in [0.4, 0.5) is 0 Å². The Morgan fingerprint density at radius 1 is 1.04 bits per heavy atom. The van der Waals surface area contributed by atoms with Gasteiger partial charge in [0.15, 0.2) is 5.71 Å². The number of methoxy groups -OCH3 is 1. The lowest BCUT2D eigenvalue weighted by Gasteiger charge is -2.11. The van der Waals surface area contributed by atoms with Gasteiger partial charge >= 0.3 is 5.97 Å². The van der Waals surface area contributed by atoms with Crippen LogP contribution in [0.3, 0.4) is 0 Å². The predicted molar refractivity (Wildman–Crippen MR) is 87.5 cm³/mol. The second-order valence-electron chi connectivity index (χ2n) is 4.87. The molecular formula is C18H19NO4. The maximum Gasteiger partial charge on any atom is 0.360 e. The summed E-state index contributed by atoms with van der Waals surface area (Å²) in [5.74, 6) is 0.198. The van der Waals surface area contributed by atoms with E-state index in [9.17, 15) is 4.79 Å². The van der Waals surface area contributed by atoms with Crippen LogP contribution in [0.5, 0.6) is 5.75 Å². The smallest absolute Gasteiger partial charge is 0.360 e. The van der Waals surface area contributed by atoms with Gasteiger partial charge in [0, 0.05) is 5.56 Å². The number of ether oxygens (including phenoxy) is 2. The summed E-state index contributed by atoms with van der Waals surface area (Å²) in [4.78, 5) is 16.7. The van der Waals surface area contributed by atoms with E-state index in [2.05, 4.69) is 5.16 Å². The van der Waals surface area contributed by atoms with E-state index in [1.54, 1.807) is 6.07 Å². The Labute approximate surface area is 135 Å². The lowest BCUT2D eigenvalue weighted by molar-refractivity contribution is -0.132. The Balaban J connectivity index is 2.24. The standard InChI is InChI=1S/C18H19NO4/c1-13-8-10-15(11-9-13)23-12-14-6-4-5-7-16(14)17(19-22-3)18(20)21-2/h4-11H,12H2,1-3H3. The highest BCUT2D eigenvalue weighted by atomic mass is 16.6. The quantitative estimate of drug-likeness (QED) is 0.467. The molecule has 0 aliphatic rings. The SMILES string of the molecule is CON=C(C(=O)OC)c1ccccc1COc1ccc(C)cc1. The second kappa shape index (κ2) is 7.98. The number of nitrogens with zero attached hydrogens (tertiary/aromatic N) is 1. The van der Waals surface area contributed by atoms with Crippen LogP contribution in [-0.2, 0) is 21.0 Å². The number of hydrogen-bond acceptors (Lipinski definition) is 5. The highest BCUT2D eigenvalue weighted by Crippen LogP contribution is 2.17. The Bertz CT molecular complexity index is 692. The number of benzene rings is 2. The average Bonchev–Trinajstić information content (AvgIpc) is 2.59. The third kappa shape index (κ3) is 4.32. The minimum absolute atomic E-state index is 0.109. The van der Waals surface area contributed by atoms with Gasteiger partial charge in [-0.3, -0.25) is 0 Å². The lowest BCUT2D eigenvalue weighted by atomic mass is 10.0. The summed E-state index contributed by atoms with van der Waals surface area (Å²) < 4.78 is 10.5. The molecule has 0 saturated carbocycles. The normalized spacial score (nSPS) is 11.0. The van der Waals surface area contributed by atoms with Gasteiger partial charge in [-0.05, 0) is 24.6 Å². The maximum absolute atomic E-state index is 11.9. The minimum Gasteiger partial charge on any atom is -0.489 e. The molecule has 5 heteroatoms. The second-order valence-corrected chi connectivity index (χ2v) is 4.87. The van der Waals surface area contributed by atoms with Gasteiger partial charge in [0.1, 0.15) is 19.5 Å². The van der Waals surface area contributed by atoms with Crippen molar-refractivity contribution >= 4 is 11.7 Å². The lowest BCUT2D eigenvalue weighted by Crippen LogP contribution is -2.19. The molecule has 120 valence electrons. The molecular weight excluding hydrogens is 294 g/mol. The monoisotopic (exact) mass is 313 g/mol. The molecule has 0 fully saturated rings. The van der Waals surface area contributed by atoms with Gasteiger partial charge in [-0.2, -0.15) is 0 Å². The first-order valence-electron chi connectivity index (χ1n) is 7.13. The summed E-state index contributed by atoms with van der Waals surface area (Å²) in [6.45, 7) is 2.32. The van der Waals surface area contributed by atoms with Crippen LogP contribution >= 0.6 is 0 Å². The van der Waals surface area contributed by atoms with Crippen molar-refractivity contribution < 1.29 is 19.1 Å². The fraction of sp³-hybridized carbons (Fsp3) is 0.222. The van der Waals surface area contributed by atoms with E-state index in [0.717, 1.165) is 16.9 Å². The molecule has 0 radical (unpaired) electrons. The zero-order valence-electron chi connectivity index (χ0n) is 13.4. The fourth-order valence-electron chi connectivity index (χ4n) is 2.06. The molecule has 0 amide bonds. The average molecular weight is 313 g/mol.